The van der Waals surface area contributed by atoms with Crippen molar-refractivity contribution in [1.82, 2.24) is 9.59 Å². The molecular weight excluding hydrogens is 254 g/mol. The first-order valence-corrected chi connectivity index (χ1v) is 7.69. The lowest BCUT2D eigenvalue weighted by atomic mass is 10.00. The smallest absolute Gasteiger partial charge is 0.0807 e. The molecule has 2 rings (SSSR count). The molecule has 0 fully saturated rings. The third-order valence-electron chi connectivity index (χ3n) is 3.20. The molecule has 0 saturated heterocycles. The molecule has 1 atom stereocenters. The zero-order chi connectivity index (χ0) is 13.7. The molecule has 1 aromatic carbocycles. The lowest BCUT2D eigenvalue weighted by Crippen LogP contribution is -2.12. The first kappa shape index (κ1) is 14.2. The molecule has 0 amide bonds. The minimum atomic E-state index is -0.0987. The van der Waals surface area contributed by atoms with Crippen LogP contribution in [0.15, 0.2) is 24.3 Å². The van der Waals surface area contributed by atoms with Gasteiger partial charge in [0.25, 0.3) is 0 Å². The van der Waals surface area contributed by atoms with Crippen molar-refractivity contribution in [3.05, 3.63) is 46.0 Å². The van der Waals surface area contributed by atoms with Crippen LogP contribution in [0.5, 0.6) is 0 Å². The largest absolute Gasteiger partial charge is 0.320 e. The van der Waals surface area contributed by atoms with Gasteiger partial charge in [-0.15, -0.1) is 5.10 Å². The number of nitrogens with two attached hydrogens (primary N) is 1. The Morgan fingerprint density at radius 2 is 2.00 bits per heavy atom. The van der Waals surface area contributed by atoms with Crippen LogP contribution in [0.1, 0.15) is 54.4 Å². The van der Waals surface area contributed by atoms with Crippen molar-refractivity contribution in [2.24, 2.45) is 5.73 Å². The van der Waals surface area contributed by atoms with Gasteiger partial charge in [-0.05, 0) is 35.5 Å². The fourth-order valence-electron chi connectivity index (χ4n) is 2.24. The molecule has 0 aliphatic rings. The molecule has 1 unspecified atom stereocenters. The second kappa shape index (κ2) is 6.78. The zero-order valence-corrected chi connectivity index (χ0v) is 12.4. The fraction of sp³-hybridized carbons (Fsp3) is 0.467. The number of nitrogens with zero attached hydrogens (tertiary/aromatic N) is 2. The molecule has 19 heavy (non-hydrogen) atoms. The summed E-state index contributed by atoms with van der Waals surface area (Å²) in [7, 11) is 0. The van der Waals surface area contributed by atoms with E-state index in [0.29, 0.717) is 0 Å². The highest BCUT2D eigenvalue weighted by Gasteiger charge is 2.17. The number of aryl methyl sites for hydroxylation is 2. The van der Waals surface area contributed by atoms with E-state index in [4.69, 9.17) is 5.73 Å². The van der Waals surface area contributed by atoms with Gasteiger partial charge in [0.15, 0.2) is 0 Å². The average molecular weight is 275 g/mol. The Morgan fingerprint density at radius 1 is 1.21 bits per heavy atom. The Morgan fingerprint density at radius 3 is 2.74 bits per heavy atom. The van der Waals surface area contributed by atoms with Crippen LogP contribution in [0, 0.1) is 0 Å². The van der Waals surface area contributed by atoms with Gasteiger partial charge in [0.2, 0.25) is 0 Å². The van der Waals surface area contributed by atoms with E-state index in [9.17, 15) is 0 Å². The molecule has 0 spiro atoms. The SMILES string of the molecule is CCCc1cccc(C(N)c2snnc2CCC)c1. The molecule has 2 N–H and O–H groups in total. The minimum Gasteiger partial charge on any atom is -0.320 e. The molecule has 0 aliphatic carbocycles. The molecule has 4 heteroatoms. The topological polar surface area (TPSA) is 51.8 Å². The molecule has 102 valence electrons. The second-order valence-electron chi connectivity index (χ2n) is 4.81. The summed E-state index contributed by atoms with van der Waals surface area (Å²) < 4.78 is 4.06. The lowest BCUT2D eigenvalue weighted by molar-refractivity contribution is 0.811. The maximum atomic E-state index is 6.39. The highest BCUT2D eigenvalue weighted by molar-refractivity contribution is 7.05. The Bertz CT molecular complexity index is 522. The van der Waals surface area contributed by atoms with E-state index in [1.54, 1.807) is 0 Å². The lowest BCUT2D eigenvalue weighted by Gasteiger charge is -2.12. The van der Waals surface area contributed by atoms with Crippen LogP contribution < -0.4 is 5.73 Å². The van der Waals surface area contributed by atoms with Crippen molar-refractivity contribution < 1.29 is 0 Å². The van der Waals surface area contributed by atoms with Crippen LogP contribution in [-0.2, 0) is 12.8 Å². The van der Waals surface area contributed by atoms with E-state index >= 15 is 0 Å². The predicted octanol–water partition coefficient (Wildman–Crippen LogP) is 3.49. The maximum absolute atomic E-state index is 6.39. The van der Waals surface area contributed by atoms with Crippen LogP contribution >= 0.6 is 11.5 Å². The molecular formula is C15H21N3S. The van der Waals surface area contributed by atoms with Gasteiger partial charge in [0, 0.05) is 0 Å². The first-order valence-electron chi connectivity index (χ1n) is 6.91. The minimum absolute atomic E-state index is 0.0987. The summed E-state index contributed by atoms with van der Waals surface area (Å²) >= 11 is 1.43. The summed E-state index contributed by atoms with van der Waals surface area (Å²) in [5.41, 5.74) is 9.96. The monoisotopic (exact) mass is 275 g/mol. The van der Waals surface area contributed by atoms with Gasteiger partial charge in [-0.25, -0.2) is 0 Å². The Labute approximate surface area is 119 Å². The van der Waals surface area contributed by atoms with Gasteiger partial charge in [0.1, 0.15) is 0 Å². The summed E-state index contributed by atoms with van der Waals surface area (Å²) in [6.45, 7) is 4.34. The summed E-state index contributed by atoms with van der Waals surface area (Å²) in [6, 6.07) is 8.47. The second-order valence-corrected chi connectivity index (χ2v) is 5.59. The van der Waals surface area contributed by atoms with Gasteiger partial charge >= 0.3 is 0 Å². The highest BCUT2D eigenvalue weighted by Crippen LogP contribution is 2.26. The van der Waals surface area contributed by atoms with Crippen molar-refractivity contribution >= 4 is 11.5 Å². The number of aromatic nitrogens is 2. The molecule has 0 radical (unpaired) electrons. The van der Waals surface area contributed by atoms with E-state index in [2.05, 4.69) is 47.7 Å². The van der Waals surface area contributed by atoms with E-state index in [0.717, 1.165) is 41.8 Å². The van der Waals surface area contributed by atoms with E-state index in [1.165, 1.54) is 17.1 Å². The van der Waals surface area contributed by atoms with Gasteiger partial charge in [-0.3, -0.25) is 0 Å². The summed E-state index contributed by atoms with van der Waals surface area (Å²) in [4.78, 5) is 1.11. The molecule has 2 aromatic rings. The first-order chi connectivity index (χ1) is 9.26. The Kier molecular flexibility index (Phi) is 5.05. The third-order valence-corrected chi connectivity index (χ3v) is 4.05. The van der Waals surface area contributed by atoms with Gasteiger partial charge in [-0.2, -0.15) is 0 Å². The van der Waals surface area contributed by atoms with E-state index in [-0.39, 0.29) is 6.04 Å². The molecule has 3 nitrogen and oxygen atoms in total. The van der Waals surface area contributed by atoms with Crippen LogP contribution in [0.4, 0.5) is 0 Å². The van der Waals surface area contributed by atoms with E-state index in [1.807, 2.05) is 0 Å². The van der Waals surface area contributed by atoms with Crippen LogP contribution in [0.3, 0.4) is 0 Å². The number of rotatable bonds is 6. The van der Waals surface area contributed by atoms with Crippen molar-refractivity contribution in [1.29, 1.82) is 0 Å². The number of hydrogen-bond acceptors (Lipinski definition) is 4. The summed E-state index contributed by atoms with van der Waals surface area (Å²) in [6.07, 6.45) is 4.28. The molecule has 0 aliphatic heterocycles. The molecule has 0 saturated carbocycles. The third kappa shape index (κ3) is 3.39. The standard InChI is InChI=1S/C15H21N3S/c1-3-6-11-8-5-9-12(10-11)14(16)15-13(7-4-2)17-18-19-15/h5,8-10,14H,3-4,6-7,16H2,1-2H3. The Balaban J connectivity index is 2.25. The normalized spacial score (nSPS) is 12.6. The number of hydrogen-bond donors (Lipinski definition) is 1. The predicted molar refractivity (Wildman–Crippen MR) is 80.4 cm³/mol. The van der Waals surface area contributed by atoms with Crippen LogP contribution in [0.25, 0.3) is 0 Å². The quantitative estimate of drug-likeness (QED) is 0.878. The molecule has 1 aromatic heterocycles. The maximum Gasteiger partial charge on any atom is 0.0807 e. The van der Waals surface area contributed by atoms with Crippen molar-refractivity contribution in [2.45, 2.75) is 45.6 Å². The summed E-state index contributed by atoms with van der Waals surface area (Å²) in [5.74, 6) is 0. The van der Waals surface area contributed by atoms with Crippen molar-refractivity contribution in [3.63, 3.8) is 0 Å². The van der Waals surface area contributed by atoms with Gasteiger partial charge in [-0.1, -0.05) is 55.4 Å². The highest BCUT2D eigenvalue weighted by atomic mass is 32.1. The van der Waals surface area contributed by atoms with Crippen LogP contribution in [0.2, 0.25) is 0 Å². The number of benzene rings is 1. The van der Waals surface area contributed by atoms with Crippen LogP contribution in [-0.4, -0.2) is 9.59 Å². The van der Waals surface area contributed by atoms with Gasteiger partial charge < -0.3 is 5.73 Å². The van der Waals surface area contributed by atoms with Crippen molar-refractivity contribution in [2.75, 3.05) is 0 Å². The van der Waals surface area contributed by atoms with Crippen molar-refractivity contribution in [3.8, 4) is 0 Å². The van der Waals surface area contributed by atoms with Gasteiger partial charge in [0.05, 0.1) is 16.6 Å². The fourth-order valence-corrected chi connectivity index (χ4v) is 2.97. The average Bonchev–Trinajstić information content (AvgIpc) is 2.87. The molecule has 0 bridgehead atoms. The summed E-state index contributed by atoms with van der Waals surface area (Å²) in [5, 5.41) is 4.20. The Hall–Kier alpha value is -1.26. The zero-order valence-electron chi connectivity index (χ0n) is 11.6. The molecule has 1 heterocycles. The van der Waals surface area contributed by atoms with E-state index < -0.39 is 0 Å².